The number of benzene rings is 1. The Kier molecular flexibility index (Phi) is 4.06. The van der Waals surface area contributed by atoms with E-state index >= 15 is 0 Å². The summed E-state index contributed by atoms with van der Waals surface area (Å²) in [5.41, 5.74) is 2.09. The molecule has 0 bridgehead atoms. The Labute approximate surface area is 134 Å². The van der Waals surface area contributed by atoms with Crippen LogP contribution in [0.3, 0.4) is 0 Å². The molecule has 2 heterocycles. The first-order valence-electron chi connectivity index (χ1n) is 7.46. The minimum atomic E-state index is -0.891. The van der Waals surface area contributed by atoms with Crippen molar-refractivity contribution >= 4 is 17.6 Å². The number of rotatable bonds is 3. The summed E-state index contributed by atoms with van der Waals surface area (Å²) in [6.45, 7) is 3.55. The van der Waals surface area contributed by atoms with Crippen molar-refractivity contribution < 1.29 is 14.3 Å². The van der Waals surface area contributed by atoms with E-state index in [-0.39, 0.29) is 17.6 Å². The van der Waals surface area contributed by atoms with Crippen LogP contribution in [0.4, 0.5) is 5.69 Å². The Hall–Kier alpha value is -2.76. The number of carbonyl (C=O) groups is 2. The summed E-state index contributed by atoms with van der Waals surface area (Å²) in [6.07, 6.45) is 4.09. The fourth-order valence-corrected chi connectivity index (χ4v) is 2.77. The number of ether oxygens (including phenoxy) is 1. The van der Waals surface area contributed by atoms with E-state index in [0.29, 0.717) is 0 Å². The lowest BCUT2D eigenvalue weighted by atomic mass is 10.1. The number of hydrogen-bond acceptors (Lipinski definition) is 5. The van der Waals surface area contributed by atoms with Gasteiger partial charge in [-0.1, -0.05) is 18.2 Å². The molecule has 1 aromatic heterocycles. The second-order valence-electron chi connectivity index (χ2n) is 5.53. The zero-order chi connectivity index (χ0) is 16.4. The molecule has 0 radical (unpaired) electrons. The molecule has 6 nitrogen and oxygen atoms in total. The van der Waals surface area contributed by atoms with Crippen LogP contribution in [-0.2, 0) is 16.0 Å². The molecule has 0 saturated carbocycles. The van der Waals surface area contributed by atoms with Gasteiger partial charge in [-0.2, -0.15) is 0 Å². The molecular weight excluding hydrogens is 294 g/mol. The molecule has 0 saturated heterocycles. The van der Waals surface area contributed by atoms with Gasteiger partial charge >= 0.3 is 5.97 Å². The van der Waals surface area contributed by atoms with Crippen molar-refractivity contribution in [3.05, 3.63) is 54.1 Å². The summed E-state index contributed by atoms with van der Waals surface area (Å²) >= 11 is 0. The van der Waals surface area contributed by atoms with Crippen molar-refractivity contribution in [1.82, 2.24) is 9.97 Å². The van der Waals surface area contributed by atoms with Gasteiger partial charge < -0.3 is 9.64 Å². The normalized spacial score (nSPS) is 17.5. The Morgan fingerprint density at radius 1 is 1.30 bits per heavy atom. The average Bonchev–Trinajstić information content (AvgIpc) is 2.90. The lowest BCUT2D eigenvalue weighted by Gasteiger charge is -2.25. The van der Waals surface area contributed by atoms with Gasteiger partial charge in [-0.05, 0) is 31.9 Å². The molecule has 3 rings (SSSR count). The van der Waals surface area contributed by atoms with E-state index in [2.05, 4.69) is 9.97 Å². The molecule has 118 valence electrons. The summed E-state index contributed by atoms with van der Waals surface area (Å²) in [5, 5.41) is 0. The van der Waals surface area contributed by atoms with Crippen LogP contribution in [0, 0.1) is 0 Å². The average molecular weight is 311 g/mol. The van der Waals surface area contributed by atoms with Gasteiger partial charge in [-0.15, -0.1) is 0 Å². The first-order chi connectivity index (χ1) is 11.1. The summed E-state index contributed by atoms with van der Waals surface area (Å²) in [4.78, 5) is 34.1. The number of hydrogen-bond donors (Lipinski definition) is 0. The molecule has 0 N–H and O–H groups in total. The number of aromatic nitrogens is 2. The van der Waals surface area contributed by atoms with Gasteiger partial charge in [0.1, 0.15) is 0 Å². The minimum absolute atomic E-state index is 0.0394. The van der Waals surface area contributed by atoms with E-state index in [1.54, 1.807) is 11.8 Å². The molecule has 1 amide bonds. The fraction of sp³-hybridized carbons (Fsp3) is 0.294. The fourth-order valence-electron chi connectivity index (χ4n) is 2.77. The maximum absolute atomic E-state index is 12.7. The van der Waals surface area contributed by atoms with Crippen molar-refractivity contribution in [2.24, 2.45) is 0 Å². The minimum Gasteiger partial charge on any atom is -0.448 e. The molecule has 2 aromatic rings. The third kappa shape index (κ3) is 2.92. The Bertz CT molecular complexity index is 733. The molecule has 0 fully saturated rings. The highest BCUT2D eigenvalue weighted by molar-refractivity contribution is 6.00. The van der Waals surface area contributed by atoms with Crippen LogP contribution in [0.2, 0.25) is 0 Å². The summed E-state index contributed by atoms with van der Waals surface area (Å²) in [5.74, 6) is -0.890. The molecule has 0 spiro atoms. The Balaban J connectivity index is 1.74. The van der Waals surface area contributed by atoms with Crippen LogP contribution in [0.15, 0.2) is 42.9 Å². The van der Waals surface area contributed by atoms with E-state index in [0.717, 1.165) is 17.7 Å². The van der Waals surface area contributed by atoms with Crippen LogP contribution in [0.1, 0.15) is 29.9 Å². The maximum Gasteiger partial charge on any atom is 0.359 e. The van der Waals surface area contributed by atoms with Crippen molar-refractivity contribution in [1.29, 1.82) is 0 Å². The van der Waals surface area contributed by atoms with E-state index in [1.807, 2.05) is 31.2 Å². The van der Waals surface area contributed by atoms with Crippen LogP contribution >= 0.6 is 0 Å². The van der Waals surface area contributed by atoms with Gasteiger partial charge in [-0.3, -0.25) is 9.78 Å². The van der Waals surface area contributed by atoms with E-state index in [4.69, 9.17) is 4.74 Å². The number of para-hydroxylation sites is 1. The second kappa shape index (κ2) is 6.16. The van der Waals surface area contributed by atoms with Gasteiger partial charge in [-0.25, -0.2) is 9.78 Å². The third-order valence-electron chi connectivity index (χ3n) is 3.85. The Morgan fingerprint density at radius 2 is 2.09 bits per heavy atom. The maximum atomic E-state index is 12.7. The highest BCUT2D eigenvalue weighted by Crippen LogP contribution is 2.32. The molecule has 1 aliphatic rings. The van der Waals surface area contributed by atoms with Gasteiger partial charge in [0.05, 0.1) is 6.20 Å². The highest BCUT2D eigenvalue weighted by atomic mass is 16.5. The van der Waals surface area contributed by atoms with Gasteiger partial charge in [0, 0.05) is 24.1 Å². The monoisotopic (exact) mass is 311 g/mol. The van der Waals surface area contributed by atoms with E-state index < -0.39 is 12.1 Å². The second-order valence-corrected chi connectivity index (χ2v) is 5.53. The first kappa shape index (κ1) is 15.1. The standard InChI is InChI=1S/C17H17N3O3/c1-11-9-13-5-3-4-6-15(13)20(11)16(21)12(2)23-17(22)14-10-18-7-8-19-14/h3-8,10-12H,9H2,1-2H3/t11-,12+/m0/s1. The number of carbonyl (C=O) groups excluding carboxylic acids is 2. The quantitative estimate of drug-likeness (QED) is 0.811. The number of amides is 1. The number of anilines is 1. The third-order valence-corrected chi connectivity index (χ3v) is 3.85. The molecule has 6 heteroatoms. The first-order valence-corrected chi connectivity index (χ1v) is 7.46. The van der Waals surface area contributed by atoms with Gasteiger partial charge in [0.15, 0.2) is 11.8 Å². The predicted octanol–water partition coefficient (Wildman–Crippen LogP) is 2.00. The Morgan fingerprint density at radius 3 is 2.83 bits per heavy atom. The van der Waals surface area contributed by atoms with Crippen molar-refractivity contribution in [3.8, 4) is 0 Å². The molecule has 2 atom stereocenters. The molecule has 0 aliphatic carbocycles. The molecular formula is C17H17N3O3. The number of fused-ring (bicyclic) bond motifs is 1. The van der Waals surface area contributed by atoms with Crippen LogP contribution in [0.25, 0.3) is 0 Å². The molecule has 23 heavy (non-hydrogen) atoms. The van der Waals surface area contributed by atoms with Crippen LogP contribution in [-0.4, -0.2) is 34.0 Å². The lowest BCUT2D eigenvalue weighted by molar-refractivity contribution is -0.126. The van der Waals surface area contributed by atoms with Crippen molar-refractivity contribution in [2.45, 2.75) is 32.4 Å². The molecule has 1 aromatic carbocycles. The SMILES string of the molecule is C[C@@H](OC(=O)c1cnccn1)C(=O)N1c2ccccc2C[C@@H]1C. The van der Waals surface area contributed by atoms with Crippen molar-refractivity contribution in [2.75, 3.05) is 4.90 Å². The van der Waals surface area contributed by atoms with E-state index in [9.17, 15) is 9.59 Å². The smallest absolute Gasteiger partial charge is 0.359 e. The summed E-state index contributed by atoms with van der Waals surface area (Å²) in [6, 6.07) is 7.81. The lowest BCUT2D eigenvalue weighted by Crippen LogP contribution is -2.43. The summed E-state index contributed by atoms with van der Waals surface area (Å²) < 4.78 is 5.24. The van der Waals surface area contributed by atoms with Gasteiger partial charge in [0.25, 0.3) is 5.91 Å². The number of esters is 1. The number of nitrogens with zero attached hydrogens (tertiary/aromatic N) is 3. The predicted molar refractivity (Wildman–Crippen MR) is 84.0 cm³/mol. The van der Waals surface area contributed by atoms with Crippen molar-refractivity contribution in [3.63, 3.8) is 0 Å². The van der Waals surface area contributed by atoms with Crippen LogP contribution in [0.5, 0.6) is 0 Å². The zero-order valence-electron chi connectivity index (χ0n) is 13.0. The molecule has 1 aliphatic heterocycles. The van der Waals surface area contributed by atoms with Crippen LogP contribution < -0.4 is 4.90 Å². The van der Waals surface area contributed by atoms with Gasteiger partial charge in [0.2, 0.25) is 0 Å². The molecule has 0 unspecified atom stereocenters. The zero-order valence-corrected chi connectivity index (χ0v) is 13.0. The van der Waals surface area contributed by atoms with E-state index in [1.165, 1.54) is 18.6 Å². The summed E-state index contributed by atoms with van der Waals surface area (Å²) in [7, 11) is 0. The topological polar surface area (TPSA) is 72.4 Å². The largest absolute Gasteiger partial charge is 0.448 e. The highest BCUT2D eigenvalue weighted by Gasteiger charge is 2.34.